The highest BCUT2D eigenvalue weighted by molar-refractivity contribution is 7.64. The Kier molecular flexibility index (Phi) is 6.88. The molecule has 25 heavy (non-hydrogen) atoms. The summed E-state index contributed by atoms with van der Waals surface area (Å²) in [4.78, 5) is 0.844. The molecule has 0 saturated carbocycles. The van der Waals surface area contributed by atoms with Gasteiger partial charge >= 0.3 is 15.2 Å². The van der Waals surface area contributed by atoms with E-state index >= 15 is 0 Å². The van der Waals surface area contributed by atoms with E-state index in [9.17, 15) is 9.13 Å². The zero-order valence-electron chi connectivity index (χ0n) is 15.1. The van der Waals surface area contributed by atoms with E-state index in [-0.39, 0.29) is 0 Å². The van der Waals surface area contributed by atoms with E-state index in [1.807, 2.05) is 6.07 Å². The fourth-order valence-electron chi connectivity index (χ4n) is 2.40. The first kappa shape index (κ1) is 20.6. The predicted octanol–water partition coefficient (Wildman–Crippen LogP) is 4.50. The number of fused-ring (bicyclic) bond motifs is 1. The zero-order chi connectivity index (χ0) is 18.7. The van der Waals surface area contributed by atoms with Gasteiger partial charge in [0.05, 0.1) is 29.7 Å². The second-order valence-corrected chi connectivity index (χ2v) is 10.3. The minimum Gasteiger partial charge on any atom is -0.425 e. The van der Waals surface area contributed by atoms with Gasteiger partial charge in [-0.25, -0.2) is 4.57 Å². The van der Waals surface area contributed by atoms with Crippen molar-refractivity contribution in [1.82, 2.24) is 0 Å². The molecule has 0 aliphatic carbocycles. The van der Waals surface area contributed by atoms with Crippen LogP contribution in [0.4, 0.5) is 0 Å². The van der Waals surface area contributed by atoms with Crippen LogP contribution in [0.2, 0.25) is 0 Å². The summed E-state index contributed by atoms with van der Waals surface area (Å²) in [6, 6.07) is 1.89. The molecule has 140 valence electrons. The Bertz CT molecular complexity index is 860. The molecule has 0 fully saturated rings. The summed E-state index contributed by atoms with van der Waals surface area (Å²) < 4.78 is 47.7. The fourth-order valence-corrected chi connectivity index (χ4v) is 6.65. The van der Waals surface area contributed by atoms with Gasteiger partial charge in [-0.3, -0.25) is 9.09 Å². The van der Waals surface area contributed by atoms with Crippen molar-refractivity contribution in [3.05, 3.63) is 26.5 Å². The summed E-state index contributed by atoms with van der Waals surface area (Å²) in [5.74, 6) is 2.03. The monoisotopic (exact) mass is 406 g/mol. The lowest BCUT2D eigenvalue weighted by molar-refractivity contribution is 0.229. The van der Waals surface area contributed by atoms with Gasteiger partial charge in [-0.1, -0.05) is 0 Å². The van der Waals surface area contributed by atoms with Crippen molar-refractivity contribution in [1.29, 1.82) is 0 Å². The van der Waals surface area contributed by atoms with E-state index in [4.69, 9.17) is 18.1 Å². The Morgan fingerprint density at radius 1 is 1.20 bits per heavy atom. The van der Waals surface area contributed by atoms with Gasteiger partial charge in [-0.2, -0.15) is 0 Å². The van der Waals surface area contributed by atoms with Gasteiger partial charge in [0.15, 0.2) is 0 Å². The van der Waals surface area contributed by atoms with Crippen molar-refractivity contribution in [2.45, 2.75) is 34.6 Å². The summed E-state index contributed by atoms with van der Waals surface area (Å²) in [7, 11) is -6.55. The van der Waals surface area contributed by atoms with Crippen LogP contribution in [0, 0.1) is 0 Å². The van der Waals surface area contributed by atoms with Crippen molar-refractivity contribution >= 4 is 43.7 Å². The third-order valence-corrected chi connectivity index (χ3v) is 8.59. The van der Waals surface area contributed by atoms with E-state index in [1.165, 1.54) is 17.2 Å². The molecule has 2 rings (SSSR count). The topological polar surface area (TPSA) is 71.1 Å². The molecule has 0 saturated heterocycles. The Labute approximate surface area is 152 Å². The van der Waals surface area contributed by atoms with Crippen LogP contribution in [0.3, 0.4) is 0 Å². The molecule has 1 aliphatic heterocycles. The van der Waals surface area contributed by atoms with E-state index in [0.29, 0.717) is 30.9 Å². The van der Waals surface area contributed by atoms with E-state index in [1.54, 1.807) is 40.7 Å². The predicted molar refractivity (Wildman–Crippen MR) is 102 cm³/mol. The van der Waals surface area contributed by atoms with Crippen molar-refractivity contribution in [3.63, 3.8) is 0 Å². The summed E-state index contributed by atoms with van der Waals surface area (Å²) in [5, 5.41) is 1.43. The van der Waals surface area contributed by atoms with Crippen LogP contribution in [-0.2, 0) is 27.2 Å². The highest BCUT2D eigenvalue weighted by Crippen LogP contribution is 2.59. The molecule has 1 aromatic heterocycles. The maximum Gasteiger partial charge on any atom is 0.406 e. The van der Waals surface area contributed by atoms with Gasteiger partial charge in [0.1, 0.15) is 5.76 Å². The third-order valence-electron chi connectivity index (χ3n) is 3.47. The molecule has 6 nitrogen and oxygen atoms in total. The van der Waals surface area contributed by atoms with Crippen LogP contribution in [0.1, 0.15) is 39.5 Å². The van der Waals surface area contributed by atoms with Crippen molar-refractivity contribution in [3.8, 4) is 0 Å². The lowest BCUT2D eigenvalue weighted by Crippen LogP contribution is -2.27. The second-order valence-electron chi connectivity index (χ2n) is 5.23. The molecule has 1 atom stereocenters. The van der Waals surface area contributed by atoms with Crippen LogP contribution >= 0.6 is 26.5 Å². The molecular weight excluding hydrogens is 382 g/mol. The first-order valence-electron chi connectivity index (χ1n) is 8.13. The van der Waals surface area contributed by atoms with Crippen molar-refractivity contribution in [2.24, 2.45) is 0 Å². The summed E-state index contributed by atoms with van der Waals surface area (Å²) in [5.41, 5.74) is 0. The smallest absolute Gasteiger partial charge is 0.406 e. The van der Waals surface area contributed by atoms with Crippen molar-refractivity contribution < 1.29 is 27.2 Å². The van der Waals surface area contributed by atoms with Crippen LogP contribution in [0.25, 0.3) is 17.1 Å². The first-order chi connectivity index (χ1) is 11.8. The highest BCUT2D eigenvalue weighted by atomic mass is 32.1. The summed E-state index contributed by atoms with van der Waals surface area (Å²) >= 11 is 1.46. The van der Waals surface area contributed by atoms with E-state index in [0.717, 1.165) is 14.6 Å². The molecule has 0 radical (unpaired) electrons. The van der Waals surface area contributed by atoms with Gasteiger partial charge in [-0.05, 0) is 46.8 Å². The van der Waals surface area contributed by atoms with Crippen LogP contribution in [0.5, 0.6) is 0 Å². The lowest BCUT2D eigenvalue weighted by Gasteiger charge is -2.21. The van der Waals surface area contributed by atoms with Crippen LogP contribution in [0.15, 0.2) is 11.9 Å². The number of rotatable bonds is 8. The largest absolute Gasteiger partial charge is 0.425 e. The average Bonchev–Trinajstić information content (AvgIpc) is 2.97. The summed E-state index contributed by atoms with van der Waals surface area (Å²) in [6.07, 6.45) is 1.71. The maximum absolute atomic E-state index is 12.8. The molecule has 0 N–H and O–H groups in total. The lowest BCUT2D eigenvalue weighted by atomic mass is 10.3. The van der Waals surface area contributed by atoms with Crippen LogP contribution < -0.4 is 9.75 Å². The zero-order valence-corrected chi connectivity index (χ0v) is 17.7. The Balaban J connectivity index is 2.47. The molecular formula is C16H24O6P2S. The molecule has 9 heteroatoms. The Hall–Kier alpha value is -0.680. The maximum atomic E-state index is 12.8. The molecule has 0 amide bonds. The molecule has 0 spiro atoms. The van der Waals surface area contributed by atoms with Crippen LogP contribution in [-0.4, -0.2) is 19.8 Å². The molecule has 1 aromatic rings. The van der Waals surface area contributed by atoms with Gasteiger partial charge in [0.25, 0.3) is 0 Å². The number of hydrogen-bond donors (Lipinski definition) is 0. The molecule has 1 aliphatic rings. The summed E-state index contributed by atoms with van der Waals surface area (Å²) in [6.45, 7) is 9.74. The van der Waals surface area contributed by atoms with E-state index in [2.05, 4.69) is 0 Å². The van der Waals surface area contributed by atoms with Gasteiger partial charge in [-0.15, -0.1) is 11.3 Å². The number of hydrogen-bond acceptors (Lipinski definition) is 7. The normalized spacial score (nSPS) is 20.8. The average molecular weight is 406 g/mol. The molecule has 0 aromatic carbocycles. The molecule has 2 heterocycles. The standard InChI is InChI=1S/C16H24O6P2S/c1-6-19-23(17,20-7-2)10-9-14-11-15-13(5)24(18,21-8-3)22-12(4)16(15)25-14/h9-11H,6-8H2,1-5H3/b10-9+. The third kappa shape index (κ3) is 4.54. The van der Waals surface area contributed by atoms with Gasteiger partial charge in [0.2, 0.25) is 0 Å². The minimum absolute atomic E-state index is 0.299. The van der Waals surface area contributed by atoms with Gasteiger partial charge < -0.3 is 13.6 Å². The second kappa shape index (κ2) is 8.34. The Morgan fingerprint density at radius 3 is 2.40 bits per heavy atom. The first-order valence-corrected chi connectivity index (χ1v) is 12.1. The highest BCUT2D eigenvalue weighted by Gasteiger charge is 2.33. The SMILES string of the molecule is CCOP(=O)(/C=C/c1cc2c(s1)=C(C)OP(=O)(OCC)C=2C)OCC. The van der Waals surface area contributed by atoms with E-state index < -0.39 is 15.2 Å². The quantitative estimate of drug-likeness (QED) is 0.592. The van der Waals surface area contributed by atoms with Crippen molar-refractivity contribution in [2.75, 3.05) is 19.8 Å². The molecule has 0 bridgehead atoms. The fraction of sp³-hybridized carbons (Fsp3) is 0.500. The minimum atomic E-state index is -3.29. The van der Waals surface area contributed by atoms with Gasteiger partial charge in [0, 0.05) is 15.9 Å². The molecule has 1 unspecified atom stereocenters. The Morgan fingerprint density at radius 2 is 1.84 bits per heavy atom. The number of thiophene rings is 1.